The average molecular weight is 242 g/mol. The molecule has 1 saturated carbocycles. The molecular formula is C12H16ClNS. The van der Waals surface area contributed by atoms with Gasteiger partial charge in [-0.3, -0.25) is 0 Å². The van der Waals surface area contributed by atoms with E-state index in [2.05, 4.69) is 18.3 Å². The molecule has 2 aliphatic rings. The van der Waals surface area contributed by atoms with Crippen LogP contribution in [0, 0.1) is 11.8 Å². The summed E-state index contributed by atoms with van der Waals surface area (Å²) >= 11 is 7.79. The van der Waals surface area contributed by atoms with E-state index in [1.165, 1.54) is 36.2 Å². The van der Waals surface area contributed by atoms with Gasteiger partial charge in [0.1, 0.15) is 0 Å². The molecule has 0 aromatic carbocycles. The molecule has 3 heteroatoms. The Bertz CT molecular complexity index is 374. The number of hydrogen-bond donors (Lipinski definition) is 1. The van der Waals surface area contributed by atoms with Gasteiger partial charge < -0.3 is 5.32 Å². The highest BCUT2D eigenvalue weighted by atomic mass is 35.5. The van der Waals surface area contributed by atoms with Crippen LogP contribution in [0.5, 0.6) is 0 Å². The maximum Gasteiger partial charge on any atom is 0.0934 e. The Labute approximate surface area is 99.8 Å². The fourth-order valence-corrected chi connectivity index (χ4v) is 3.88. The summed E-state index contributed by atoms with van der Waals surface area (Å²) in [5.74, 6) is 1.88. The van der Waals surface area contributed by atoms with Gasteiger partial charge in [0.15, 0.2) is 0 Å². The molecule has 15 heavy (non-hydrogen) atoms. The van der Waals surface area contributed by atoms with Crippen molar-refractivity contribution in [2.75, 3.05) is 6.54 Å². The van der Waals surface area contributed by atoms with E-state index in [0.29, 0.717) is 6.04 Å². The zero-order chi connectivity index (χ0) is 10.4. The van der Waals surface area contributed by atoms with Crippen LogP contribution < -0.4 is 5.32 Å². The molecule has 0 radical (unpaired) electrons. The highest BCUT2D eigenvalue weighted by Crippen LogP contribution is 2.41. The number of rotatable bonds is 3. The zero-order valence-electron chi connectivity index (χ0n) is 8.92. The third kappa shape index (κ3) is 1.95. The largest absolute Gasteiger partial charge is 0.310 e. The monoisotopic (exact) mass is 241 g/mol. The van der Waals surface area contributed by atoms with Gasteiger partial charge in [0.2, 0.25) is 0 Å². The Morgan fingerprint density at radius 1 is 1.60 bits per heavy atom. The minimum atomic E-state index is 0.580. The van der Waals surface area contributed by atoms with E-state index in [9.17, 15) is 0 Å². The number of hydrogen-bond acceptors (Lipinski definition) is 2. The van der Waals surface area contributed by atoms with Gasteiger partial charge >= 0.3 is 0 Å². The molecule has 82 valence electrons. The van der Waals surface area contributed by atoms with E-state index >= 15 is 0 Å². The fraction of sp³-hybridized carbons (Fsp3) is 0.667. The molecule has 3 unspecified atom stereocenters. The summed E-state index contributed by atoms with van der Waals surface area (Å²) < 4.78 is 0.950. The Hall–Kier alpha value is -0.0500. The standard InChI is InChI=1S/C12H16ClNS/c1-7-4-8(7)6-14-10-2-3-11-9(10)5-12(13)15-11/h5,7-8,10,14H,2-4,6H2,1H3. The van der Waals surface area contributed by atoms with E-state index in [0.717, 1.165) is 16.2 Å². The van der Waals surface area contributed by atoms with Crippen LogP contribution in [0.1, 0.15) is 36.2 Å². The van der Waals surface area contributed by atoms with Crippen molar-refractivity contribution in [3.8, 4) is 0 Å². The Morgan fingerprint density at radius 2 is 2.40 bits per heavy atom. The summed E-state index contributed by atoms with van der Waals surface area (Å²) in [4.78, 5) is 1.50. The van der Waals surface area contributed by atoms with Crippen LogP contribution in [0.15, 0.2) is 6.07 Å². The van der Waals surface area contributed by atoms with Crippen LogP contribution in [0.3, 0.4) is 0 Å². The van der Waals surface area contributed by atoms with Gasteiger partial charge in [-0.15, -0.1) is 11.3 Å². The van der Waals surface area contributed by atoms with Crippen LogP contribution in [-0.2, 0) is 6.42 Å². The Balaban J connectivity index is 1.63. The zero-order valence-corrected chi connectivity index (χ0v) is 10.5. The number of thiophene rings is 1. The molecule has 1 N–H and O–H groups in total. The molecule has 0 spiro atoms. The predicted octanol–water partition coefficient (Wildman–Crippen LogP) is 3.63. The van der Waals surface area contributed by atoms with Crippen molar-refractivity contribution in [3.05, 3.63) is 20.8 Å². The number of fused-ring (bicyclic) bond motifs is 1. The first-order valence-electron chi connectivity index (χ1n) is 5.75. The summed E-state index contributed by atoms with van der Waals surface area (Å²) in [5.41, 5.74) is 1.47. The van der Waals surface area contributed by atoms with Crippen molar-refractivity contribution in [2.45, 2.75) is 32.2 Å². The van der Waals surface area contributed by atoms with E-state index in [-0.39, 0.29) is 0 Å². The third-order valence-corrected chi connectivity index (χ3v) is 5.09. The number of nitrogens with one attached hydrogen (secondary N) is 1. The lowest BCUT2D eigenvalue weighted by Crippen LogP contribution is -2.21. The first-order chi connectivity index (χ1) is 7.24. The predicted molar refractivity (Wildman–Crippen MR) is 65.7 cm³/mol. The summed E-state index contributed by atoms with van der Waals surface area (Å²) in [6.45, 7) is 3.53. The Morgan fingerprint density at radius 3 is 3.13 bits per heavy atom. The van der Waals surface area contributed by atoms with Crippen molar-refractivity contribution in [3.63, 3.8) is 0 Å². The summed E-state index contributed by atoms with van der Waals surface area (Å²) in [6.07, 6.45) is 3.89. The molecular weight excluding hydrogens is 226 g/mol. The molecule has 0 amide bonds. The summed E-state index contributed by atoms with van der Waals surface area (Å²) in [5, 5.41) is 3.69. The quantitative estimate of drug-likeness (QED) is 0.852. The number of aryl methyl sites for hydroxylation is 1. The second kappa shape index (κ2) is 3.76. The first-order valence-corrected chi connectivity index (χ1v) is 6.95. The minimum Gasteiger partial charge on any atom is -0.310 e. The van der Waals surface area contributed by atoms with E-state index in [1.807, 2.05) is 0 Å². The van der Waals surface area contributed by atoms with Gasteiger partial charge in [0, 0.05) is 10.9 Å². The van der Waals surface area contributed by atoms with E-state index < -0.39 is 0 Å². The van der Waals surface area contributed by atoms with Gasteiger partial charge in [0.25, 0.3) is 0 Å². The minimum absolute atomic E-state index is 0.580. The van der Waals surface area contributed by atoms with Crippen molar-refractivity contribution in [2.24, 2.45) is 11.8 Å². The topological polar surface area (TPSA) is 12.0 Å². The molecule has 1 heterocycles. The van der Waals surface area contributed by atoms with Gasteiger partial charge in [-0.1, -0.05) is 18.5 Å². The smallest absolute Gasteiger partial charge is 0.0934 e. The molecule has 3 atom stereocenters. The van der Waals surface area contributed by atoms with E-state index in [4.69, 9.17) is 11.6 Å². The van der Waals surface area contributed by atoms with Gasteiger partial charge in [0.05, 0.1) is 4.34 Å². The lowest BCUT2D eigenvalue weighted by Gasteiger charge is -2.12. The van der Waals surface area contributed by atoms with Gasteiger partial charge in [-0.2, -0.15) is 0 Å². The Kier molecular flexibility index (Phi) is 2.54. The first kappa shape index (κ1) is 10.1. The van der Waals surface area contributed by atoms with Crippen LogP contribution in [0.2, 0.25) is 4.34 Å². The molecule has 0 bridgehead atoms. The van der Waals surface area contributed by atoms with Crippen molar-refractivity contribution in [1.82, 2.24) is 5.32 Å². The second-order valence-corrected chi connectivity index (χ2v) is 6.67. The highest BCUT2D eigenvalue weighted by molar-refractivity contribution is 7.16. The second-order valence-electron chi connectivity index (χ2n) is 4.90. The summed E-state index contributed by atoms with van der Waals surface area (Å²) in [7, 11) is 0. The molecule has 1 aromatic heterocycles. The van der Waals surface area contributed by atoms with Crippen molar-refractivity contribution in [1.29, 1.82) is 0 Å². The van der Waals surface area contributed by atoms with E-state index in [1.54, 1.807) is 11.3 Å². The summed E-state index contributed by atoms with van der Waals surface area (Å²) in [6, 6.07) is 2.74. The lowest BCUT2D eigenvalue weighted by atomic mass is 10.1. The SMILES string of the molecule is CC1CC1CNC1CCc2sc(Cl)cc21. The fourth-order valence-electron chi connectivity index (χ4n) is 2.52. The van der Waals surface area contributed by atoms with Gasteiger partial charge in [-0.25, -0.2) is 0 Å². The van der Waals surface area contributed by atoms with Crippen LogP contribution >= 0.6 is 22.9 Å². The maximum atomic E-state index is 6.03. The van der Waals surface area contributed by atoms with Gasteiger partial charge in [-0.05, 0) is 49.3 Å². The highest BCUT2D eigenvalue weighted by Gasteiger charge is 2.33. The van der Waals surface area contributed by atoms with Crippen molar-refractivity contribution < 1.29 is 0 Å². The van der Waals surface area contributed by atoms with Crippen LogP contribution in [0.4, 0.5) is 0 Å². The van der Waals surface area contributed by atoms with Crippen LogP contribution in [0.25, 0.3) is 0 Å². The van der Waals surface area contributed by atoms with Crippen LogP contribution in [-0.4, -0.2) is 6.54 Å². The molecule has 3 rings (SSSR count). The molecule has 1 aromatic rings. The number of halogens is 1. The lowest BCUT2D eigenvalue weighted by molar-refractivity contribution is 0.502. The molecule has 0 aliphatic heterocycles. The molecule has 0 saturated heterocycles. The molecule has 2 aliphatic carbocycles. The molecule has 1 fully saturated rings. The third-order valence-electron chi connectivity index (χ3n) is 3.75. The molecule has 1 nitrogen and oxygen atoms in total. The normalized spacial score (nSPS) is 33.1. The average Bonchev–Trinajstić information content (AvgIpc) is 2.59. The maximum absolute atomic E-state index is 6.03. The van der Waals surface area contributed by atoms with Crippen molar-refractivity contribution >= 4 is 22.9 Å².